The molecule has 0 aliphatic rings. The molecular weight excluding hydrogens is 294 g/mol. The first-order valence-corrected chi connectivity index (χ1v) is 6.71. The van der Waals surface area contributed by atoms with Gasteiger partial charge in [-0.1, -0.05) is 29.8 Å². The molecule has 5 nitrogen and oxygen atoms in total. The minimum atomic E-state index is -0.503. The van der Waals surface area contributed by atoms with Crippen LogP contribution in [0.5, 0.6) is 11.5 Å². The molecule has 0 radical (unpaired) electrons. The Morgan fingerprint density at radius 1 is 1.10 bits per heavy atom. The molecule has 21 heavy (non-hydrogen) atoms. The number of halogens is 1. The Hall–Kier alpha value is -2.27. The summed E-state index contributed by atoms with van der Waals surface area (Å²) in [7, 11) is 0. The highest BCUT2D eigenvalue weighted by atomic mass is 35.5. The SMILES string of the molecule is Cc1ccccc1OCCOc1ccc([N+](=O)[O-])cc1Cl. The minimum Gasteiger partial charge on any atom is -0.490 e. The molecule has 0 aliphatic heterocycles. The lowest BCUT2D eigenvalue weighted by Crippen LogP contribution is -2.09. The summed E-state index contributed by atoms with van der Waals surface area (Å²) in [4.78, 5) is 10.1. The standard InChI is InChI=1S/C15H14ClNO4/c1-11-4-2-3-5-14(11)20-8-9-21-15-7-6-12(17(18)19)10-13(15)16/h2-7,10H,8-9H2,1H3. The lowest BCUT2D eigenvalue weighted by atomic mass is 10.2. The van der Waals surface area contributed by atoms with Crippen molar-refractivity contribution in [1.82, 2.24) is 0 Å². The number of nitrogens with zero attached hydrogens (tertiary/aromatic N) is 1. The van der Waals surface area contributed by atoms with Crippen LogP contribution in [0.15, 0.2) is 42.5 Å². The molecular formula is C15H14ClNO4. The summed E-state index contributed by atoms with van der Waals surface area (Å²) in [6, 6.07) is 11.8. The molecule has 0 fully saturated rings. The predicted octanol–water partition coefficient (Wildman–Crippen LogP) is 4.01. The number of hydrogen-bond acceptors (Lipinski definition) is 4. The van der Waals surface area contributed by atoms with Gasteiger partial charge in [-0.3, -0.25) is 10.1 Å². The van der Waals surface area contributed by atoms with Crippen molar-refractivity contribution >= 4 is 17.3 Å². The van der Waals surface area contributed by atoms with Crippen LogP contribution in [0, 0.1) is 17.0 Å². The second-order valence-electron chi connectivity index (χ2n) is 4.33. The zero-order chi connectivity index (χ0) is 15.2. The third kappa shape index (κ3) is 4.10. The number of nitro benzene ring substituents is 1. The average molecular weight is 308 g/mol. The smallest absolute Gasteiger partial charge is 0.271 e. The quantitative estimate of drug-likeness (QED) is 0.459. The van der Waals surface area contributed by atoms with Crippen molar-refractivity contribution in [2.75, 3.05) is 13.2 Å². The van der Waals surface area contributed by atoms with Gasteiger partial charge >= 0.3 is 0 Å². The van der Waals surface area contributed by atoms with Crippen molar-refractivity contribution < 1.29 is 14.4 Å². The summed E-state index contributed by atoms with van der Waals surface area (Å²) in [6.45, 7) is 2.62. The van der Waals surface area contributed by atoms with Gasteiger partial charge in [0.05, 0.1) is 9.95 Å². The average Bonchev–Trinajstić information content (AvgIpc) is 2.46. The van der Waals surface area contributed by atoms with Crippen LogP contribution in [0.1, 0.15) is 5.56 Å². The third-order valence-electron chi connectivity index (χ3n) is 2.82. The van der Waals surface area contributed by atoms with Crippen LogP contribution in [0.4, 0.5) is 5.69 Å². The number of hydrogen-bond donors (Lipinski definition) is 0. The molecule has 0 atom stereocenters. The zero-order valence-electron chi connectivity index (χ0n) is 11.4. The molecule has 0 aliphatic carbocycles. The van der Waals surface area contributed by atoms with Crippen LogP contribution in [-0.2, 0) is 0 Å². The summed E-state index contributed by atoms with van der Waals surface area (Å²) in [5.41, 5.74) is 0.981. The second kappa shape index (κ2) is 6.95. The number of nitro groups is 1. The fraction of sp³-hybridized carbons (Fsp3) is 0.200. The molecule has 0 aromatic heterocycles. The van der Waals surface area contributed by atoms with Gasteiger partial charge < -0.3 is 9.47 Å². The molecule has 0 heterocycles. The van der Waals surface area contributed by atoms with E-state index in [9.17, 15) is 10.1 Å². The Balaban J connectivity index is 1.87. The number of benzene rings is 2. The van der Waals surface area contributed by atoms with Crippen LogP contribution in [0.25, 0.3) is 0 Å². The van der Waals surface area contributed by atoms with E-state index in [-0.39, 0.29) is 10.7 Å². The lowest BCUT2D eigenvalue weighted by Gasteiger charge is -2.10. The maximum absolute atomic E-state index is 10.6. The molecule has 0 spiro atoms. The molecule has 2 rings (SSSR count). The van der Waals surface area contributed by atoms with Crippen LogP contribution in [0.2, 0.25) is 5.02 Å². The maximum atomic E-state index is 10.6. The highest BCUT2D eigenvalue weighted by Gasteiger charge is 2.10. The van der Waals surface area contributed by atoms with E-state index >= 15 is 0 Å². The Labute approximate surface area is 127 Å². The number of rotatable bonds is 6. The van der Waals surface area contributed by atoms with Crippen molar-refractivity contribution in [2.45, 2.75) is 6.92 Å². The van der Waals surface area contributed by atoms with E-state index in [1.807, 2.05) is 31.2 Å². The van der Waals surface area contributed by atoms with Gasteiger partial charge in [0.15, 0.2) is 0 Å². The molecule has 0 N–H and O–H groups in total. The molecule has 110 valence electrons. The molecule has 0 unspecified atom stereocenters. The van der Waals surface area contributed by atoms with Crippen LogP contribution in [-0.4, -0.2) is 18.1 Å². The number of ether oxygens (including phenoxy) is 2. The van der Waals surface area contributed by atoms with Crippen molar-refractivity contribution in [1.29, 1.82) is 0 Å². The number of para-hydroxylation sites is 1. The minimum absolute atomic E-state index is 0.0662. The highest BCUT2D eigenvalue weighted by molar-refractivity contribution is 6.32. The van der Waals surface area contributed by atoms with Crippen molar-refractivity contribution in [2.24, 2.45) is 0 Å². The highest BCUT2D eigenvalue weighted by Crippen LogP contribution is 2.28. The fourth-order valence-electron chi connectivity index (χ4n) is 1.74. The molecule has 0 saturated carbocycles. The zero-order valence-corrected chi connectivity index (χ0v) is 12.2. The van der Waals surface area contributed by atoms with Crippen molar-refractivity contribution in [3.8, 4) is 11.5 Å². The number of aryl methyl sites for hydroxylation is 1. The van der Waals surface area contributed by atoms with E-state index in [2.05, 4.69) is 0 Å². The van der Waals surface area contributed by atoms with Crippen LogP contribution in [0.3, 0.4) is 0 Å². The fourth-order valence-corrected chi connectivity index (χ4v) is 1.97. The van der Waals surface area contributed by atoms with Gasteiger partial charge in [0.2, 0.25) is 0 Å². The van der Waals surface area contributed by atoms with E-state index in [0.717, 1.165) is 11.3 Å². The summed E-state index contributed by atoms with van der Waals surface area (Å²) < 4.78 is 11.0. The van der Waals surface area contributed by atoms with Crippen LogP contribution < -0.4 is 9.47 Å². The summed E-state index contributed by atoms with van der Waals surface area (Å²) in [6.07, 6.45) is 0. The first-order chi connectivity index (χ1) is 10.1. The van der Waals surface area contributed by atoms with Crippen molar-refractivity contribution in [3.05, 3.63) is 63.2 Å². The van der Waals surface area contributed by atoms with Gasteiger partial charge in [0.1, 0.15) is 24.7 Å². The Morgan fingerprint density at radius 2 is 1.76 bits per heavy atom. The molecule has 0 saturated heterocycles. The summed E-state index contributed by atoms with van der Waals surface area (Å²) in [5.74, 6) is 1.20. The Bertz CT molecular complexity index is 645. The van der Waals surface area contributed by atoms with E-state index in [4.69, 9.17) is 21.1 Å². The van der Waals surface area contributed by atoms with Gasteiger partial charge in [-0.25, -0.2) is 0 Å². The maximum Gasteiger partial charge on any atom is 0.271 e. The Kier molecular flexibility index (Phi) is 5.00. The second-order valence-corrected chi connectivity index (χ2v) is 4.74. The monoisotopic (exact) mass is 307 g/mol. The predicted molar refractivity (Wildman–Crippen MR) is 80.3 cm³/mol. The number of non-ortho nitro benzene ring substituents is 1. The first-order valence-electron chi connectivity index (χ1n) is 6.33. The Morgan fingerprint density at radius 3 is 2.38 bits per heavy atom. The molecule has 0 bridgehead atoms. The molecule has 6 heteroatoms. The summed E-state index contributed by atoms with van der Waals surface area (Å²) >= 11 is 5.92. The van der Waals surface area contributed by atoms with Gasteiger partial charge in [0, 0.05) is 12.1 Å². The first kappa shape index (κ1) is 15.1. The van der Waals surface area contributed by atoms with E-state index < -0.39 is 4.92 Å². The van der Waals surface area contributed by atoms with Gasteiger partial charge in [-0.15, -0.1) is 0 Å². The molecule has 2 aromatic carbocycles. The lowest BCUT2D eigenvalue weighted by molar-refractivity contribution is -0.384. The normalized spacial score (nSPS) is 10.2. The summed E-state index contributed by atoms with van der Waals surface area (Å²) in [5, 5.41) is 10.8. The van der Waals surface area contributed by atoms with Crippen LogP contribution >= 0.6 is 11.6 Å². The largest absolute Gasteiger partial charge is 0.490 e. The molecule has 2 aromatic rings. The van der Waals surface area contributed by atoms with Gasteiger partial charge in [-0.05, 0) is 24.6 Å². The van der Waals surface area contributed by atoms with Gasteiger partial charge in [0.25, 0.3) is 5.69 Å². The molecule has 0 amide bonds. The van der Waals surface area contributed by atoms with E-state index in [0.29, 0.717) is 19.0 Å². The van der Waals surface area contributed by atoms with Gasteiger partial charge in [-0.2, -0.15) is 0 Å². The van der Waals surface area contributed by atoms with E-state index in [1.54, 1.807) is 0 Å². The van der Waals surface area contributed by atoms with E-state index in [1.165, 1.54) is 18.2 Å². The van der Waals surface area contributed by atoms with Crippen molar-refractivity contribution in [3.63, 3.8) is 0 Å². The topological polar surface area (TPSA) is 61.6 Å². The third-order valence-corrected chi connectivity index (χ3v) is 3.11.